The molecule has 5 aliphatic rings. The Bertz CT molecular complexity index is 682. The van der Waals surface area contributed by atoms with Gasteiger partial charge in [0, 0.05) is 13.2 Å². The van der Waals surface area contributed by atoms with Crippen LogP contribution in [0.5, 0.6) is 0 Å². The highest BCUT2D eigenvalue weighted by Crippen LogP contribution is 2.67. The van der Waals surface area contributed by atoms with Gasteiger partial charge in [0.05, 0.1) is 6.10 Å². The van der Waals surface area contributed by atoms with E-state index in [2.05, 4.69) is 26.8 Å². The number of hydrogen-bond donors (Lipinski definition) is 1. The number of fused-ring (bicyclic) bond motifs is 5. The molecule has 0 spiro atoms. The fourth-order valence-corrected chi connectivity index (χ4v) is 9.28. The molecule has 3 heteroatoms. The predicted molar refractivity (Wildman–Crippen MR) is 129 cm³/mol. The van der Waals surface area contributed by atoms with E-state index >= 15 is 0 Å². The Balaban J connectivity index is 1.19. The van der Waals surface area contributed by atoms with E-state index in [9.17, 15) is 5.11 Å². The molecule has 3 nitrogen and oxygen atoms in total. The first-order chi connectivity index (χ1) is 15.4. The van der Waals surface area contributed by atoms with Gasteiger partial charge in [-0.1, -0.05) is 32.4 Å². The third-order valence-electron chi connectivity index (χ3n) is 11.1. The summed E-state index contributed by atoms with van der Waals surface area (Å²) in [6.07, 6.45) is 18.7. The first-order valence-corrected chi connectivity index (χ1v) is 14.0. The largest absolute Gasteiger partial charge is 0.393 e. The highest BCUT2D eigenvalue weighted by atomic mass is 16.7. The molecule has 4 fully saturated rings. The van der Waals surface area contributed by atoms with Crippen molar-refractivity contribution in [2.45, 2.75) is 117 Å². The van der Waals surface area contributed by atoms with Gasteiger partial charge in [-0.3, -0.25) is 0 Å². The molecule has 0 aromatic carbocycles. The van der Waals surface area contributed by atoms with Crippen LogP contribution in [0.15, 0.2) is 11.6 Å². The zero-order chi connectivity index (χ0) is 22.3. The van der Waals surface area contributed by atoms with Crippen LogP contribution in [-0.4, -0.2) is 30.7 Å². The maximum atomic E-state index is 10.3. The van der Waals surface area contributed by atoms with Gasteiger partial charge in [-0.2, -0.15) is 0 Å². The van der Waals surface area contributed by atoms with Gasteiger partial charge in [0.25, 0.3) is 0 Å². The van der Waals surface area contributed by atoms with Crippen LogP contribution in [0.2, 0.25) is 0 Å². The van der Waals surface area contributed by atoms with Crippen molar-refractivity contribution in [3.8, 4) is 0 Å². The summed E-state index contributed by atoms with van der Waals surface area (Å²) >= 11 is 0. The molecule has 0 aromatic heterocycles. The van der Waals surface area contributed by atoms with Crippen molar-refractivity contribution in [2.24, 2.45) is 40.4 Å². The van der Waals surface area contributed by atoms with Crippen LogP contribution in [0.4, 0.5) is 0 Å². The van der Waals surface area contributed by atoms with E-state index in [1.165, 1.54) is 64.2 Å². The summed E-state index contributed by atoms with van der Waals surface area (Å²) < 4.78 is 11.8. The molecule has 5 rings (SSSR count). The summed E-state index contributed by atoms with van der Waals surface area (Å²) in [5.74, 6) is 4.31. The number of allylic oxidation sites excluding steroid dienone is 1. The summed E-state index contributed by atoms with van der Waals surface area (Å²) in [7, 11) is 0. The third-order valence-corrected chi connectivity index (χ3v) is 11.1. The van der Waals surface area contributed by atoms with Gasteiger partial charge in [-0.25, -0.2) is 0 Å². The van der Waals surface area contributed by atoms with Crippen molar-refractivity contribution < 1.29 is 14.6 Å². The summed E-state index contributed by atoms with van der Waals surface area (Å²) in [5, 5.41) is 10.3. The van der Waals surface area contributed by atoms with Crippen molar-refractivity contribution >= 4 is 0 Å². The minimum atomic E-state index is -0.0925. The van der Waals surface area contributed by atoms with Crippen LogP contribution in [0.3, 0.4) is 0 Å². The SMILES string of the molecule is C[C@H](CCCOC1CCCCO1)[C@H]1CC[C@H]2[C@@H]3CC=C4C[C@@H](O)CC[C@]4(C)[C@H]3CC[C@]12C. The minimum absolute atomic E-state index is 0.0641. The fourth-order valence-electron chi connectivity index (χ4n) is 9.28. The van der Waals surface area contributed by atoms with Crippen molar-refractivity contribution in [3.05, 3.63) is 11.6 Å². The van der Waals surface area contributed by atoms with Crippen molar-refractivity contribution in [1.82, 2.24) is 0 Å². The molecule has 1 heterocycles. The molecule has 1 saturated heterocycles. The number of aliphatic hydroxyl groups is 1. The maximum absolute atomic E-state index is 10.3. The summed E-state index contributed by atoms with van der Waals surface area (Å²) in [6, 6.07) is 0. The molecule has 32 heavy (non-hydrogen) atoms. The molecule has 0 aromatic rings. The van der Waals surface area contributed by atoms with Gasteiger partial charge < -0.3 is 14.6 Å². The van der Waals surface area contributed by atoms with Crippen molar-refractivity contribution in [3.63, 3.8) is 0 Å². The molecule has 0 amide bonds. The fraction of sp³-hybridized carbons (Fsp3) is 0.931. The molecule has 9 atom stereocenters. The van der Waals surface area contributed by atoms with Gasteiger partial charge in [0.1, 0.15) is 0 Å². The Morgan fingerprint density at radius 3 is 2.78 bits per heavy atom. The first kappa shape index (κ1) is 23.4. The second-order valence-corrected chi connectivity index (χ2v) is 12.7. The second-order valence-electron chi connectivity index (χ2n) is 12.7. The lowest BCUT2D eigenvalue weighted by atomic mass is 9.47. The standard InChI is InChI=1S/C29H48O3/c1-20(7-6-18-32-27-8-4-5-17-31-27)24-11-12-25-23-10-9-21-19-22(30)13-15-28(21,2)26(23)14-16-29(24,25)3/h9,20,22-27,30H,4-8,10-19H2,1-3H3/t20-,22+,23+,24-,25+,26+,27?,28+,29-/m1/s1. The van der Waals surface area contributed by atoms with Crippen LogP contribution in [0, 0.1) is 40.4 Å². The van der Waals surface area contributed by atoms with Gasteiger partial charge in [0.2, 0.25) is 0 Å². The lowest BCUT2D eigenvalue weighted by Gasteiger charge is -2.58. The first-order valence-electron chi connectivity index (χ1n) is 14.0. The van der Waals surface area contributed by atoms with Gasteiger partial charge in [-0.15, -0.1) is 0 Å². The number of rotatable bonds is 6. The maximum Gasteiger partial charge on any atom is 0.157 e. The van der Waals surface area contributed by atoms with Gasteiger partial charge in [-0.05, 0) is 124 Å². The zero-order valence-electron chi connectivity index (χ0n) is 21.0. The van der Waals surface area contributed by atoms with Crippen LogP contribution in [-0.2, 0) is 9.47 Å². The average Bonchev–Trinajstić information content (AvgIpc) is 3.15. The van der Waals surface area contributed by atoms with Crippen molar-refractivity contribution in [1.29, 1.82) is 0 Å². The Morgan fingerprint density at radius 1 is 1.09 bits per heavy atom. The predicted octanol–water partition coefficient (Wildman–Crippen LogP) is 6.89. The Kier molecular flexibility index (Phi) is 6.82. The van der Waals surface area contributed by atoms with Crippen LogP contribution in [0.1, 0.15) is 104 Å². The molecule has 0 bridgehead atoms. The van der Waals surface area contributed by atoms with Crippen LogP contribution in [0.25, 0.3) is 0 Å². The number of hydrogen-bond acceptors (Lipinski definition) is 3. The van der Waals surface area contributed by atoms with Crippen LogP contribution < -0.4 is 0 Å². The molecular formula is C29H48O3. The Morgan fingerprint density at radius 2 is 1.97 bits per heavy atom. The Labute approximate surface area is 196 Å². The average molecular weight is 445 g/mol. The quantitative estimate of drug-likeness (QED) is 0.358. The molecule has 0 radical (unpaired) electrons. The molecule has 1 N–H and O–H groups in total. The van der Waals surface area contributed by atoms with E-state index in [-0.39, 0.29) is 12.4 Å². The summed E-state index contributed by atoms with van der Waals surface area (Å²) in [5.41, 5.74) is 2.50. The molecule has 1 aliphatic heterocycles. The molecule has 182 valence electrons. The lowest BCUT2D eigenvalue weighted by Crippen LogP contribution is -2.50. The summed E-state index contributed by atoms with van der Waals surface area (Å²) in [4.78, 5) is 0. The highest BCUT2D eigenvalue weighted by molar-refractivity contribution is 5.25. The van der Waals surface area contributed by atoms with Crippen LogP contribution >= 0.6 is 0 Å². The second kappa shape index (κ2) is 9.34. The van der Waals surface area contributed by atoms with E-state index in [0.29, 0.717) is 10.8 Å². The molecule has 1 unspecified atom stereocenters. The minimum Gasteiger partial charge on any atom is -0.393 e. The highest BCUT2D eigenvalue weighted by Gasteiger charge is 2.59. The number of aliphatic hydroxyl groups excluding tert-OH is 1. The Hall–Kier alpha value is -0.380. The smallest absolute Gasteiger partial charge is 0.157 e. The van der Waals surface area contributed by atoms with E-state index < -0.39 is 0 Å². The molecule has 4 aliphatic carbocycles. The van der Waals surface area contributed by atoms with E-state index in [1.807, 2.05) is 0 Å². The van der Waals surface area contributed by atoms with Crippen molar-refractivity contribution in [2.75, 3.05) is 13.2 Å². The topological polar surface area (TPSA) is 38.7 Å². The molecule has 3 saturated carbocycles. The lowest BCUT2D eigenvalue weighted by molar-refractivity contribution is -0.163. The summed E-state index contributed by atoms with van der Waals surface area (Å²) in [6.45, 7) is 9.49. The van der Waals surface area contributed by atoms with Gasteiger partial charge in [0.15, 0.2) is 6.29 Å². The monoisotopic (exact) mass is 444 g/mol. The zero-order valence-corrected chi connectivity index (χ0v) is 21.0. The van der Waals surface area contributed by atoms with E-state index in [4.69, 9.17) is 9.47 Å². The molecular weight excluding hydrogens is 396 g/mol. The number of ether oxygens (including phenoxy) is 2. The van der Waals surface area contributed by atoms with E-state index in [1.54, 1.807) is 5.57 Å². The van der Waals surface area contributed by atoms with Gasteiger partial charge >= 0.3 is 0 Å². The third kappa shape index (κ3) is 4.13. The van der Waals surface area contributed by atoms with E-state index in [0.717, 1.165) is 62.1 Å². The normalized spacial score (nSPS) is 47.2.